The van der Waals surface area contributed by atoms with Crippen LogP contribution in [0.15, 0.2) is 40.8 Å². The molecule has 1 aromatic carbocycles. The SMILES string of the molecule is Cc1ccc(CN2[C@H]3CC[C@@H]2[C@]2(C3)NC(=O)c3ccccc3N2)o1. The molecule has 1 amide bonds. The molecule has 3 atom stereocenters. The third-order valence-corrected chi connectivity index (χ3v) is 5.77. The van der Waals surface area contributed by atoms with E-state index in [1.165, 1.54) is 6.42 Å². The molecule has 5 rings (SSSR count). The number of anilines is 1. The van der Waals surface area contributed by atoms with E-state index >= 15 is 0 Å². The second-order valence-corrected chi connectivity index (χ2v) is 7.23. The summed E-state index contributed by atoms with van der Waals surface area (Å²) in [5.74, 6) is 1.99. The molecule has 24 heavy (non-hydrogen) atoms. The molecule has 5 nitrogen and oxygen atoms in total. The van der Waals surface area contributed by atoms with Crippen LogP contribution in [0.3, 0.4) is 0 Å². The summed E-state index contributed by atoms with van der Waals surface area (Å²) < 4.78 is 5.77. The Morgan fingerprint density at radius 2 is 2.08 bits per heavy atom. The van der Waals surface area contributed by atoms with Crippen molar-refractivity contribution in [3.63, 3.8) is 0 Å². The number of hydrogen-bond donors (Lipinski definition) is 2. The van der Waals surface area contributed by atoms with Gasteiger partial charge in [0.25, 0.3) is 5.91 Å². The Labute approximate surface area is 141 Å². The molecule has 2 fully saturated rings. The number of para-hydroxylation sites is 1. The van der Waals surface area contributed by atoms with E-state index in [2.05, 4.69) is 21.6 Å². The number of amides is 1. The Morgan fingerprint density at radius 3 is 2.92 bits per heavy atom. The van der Waals surface area contributed by atoms with Gasteiger partial charge in [0.15, 0.2) is 0 Å². The fraction of sp³-hybridized carbons (Fsp3) is 0.421. The molecule has 2 N–H and O–H groups in total. The van der Waals surface area contributed by atoms with Gasteiger partial charge in [0.2, 0.25) is 0 Å². The van der Waals surface area contributed by atoms with Gasteiger partial charge in [-0.25, -0.2) is 0 Å². The van der Waals surface area contributed by atoms with Crippen molar-refractivity contribution in [3.05, 3.63) is 53.5 Å². The lowest BCUT2D eigenvalue weighted by atomic mass is 9.86. The number of nitrogens with one attached hydrogen (secondary N) is 2. The Hall–Kier alpha value is -2.27. The smallest absolute Gasteiger partial charge is 0.255 e. The molecule has 5 heteroatoms. The molecule has 3 aliphatic heterocycles. The third-order valence-electron chi connectivity index (χ3n) is 5.77. The molecule has 1 aromatic heterocycles. The van der Waals surface area contributed by atoms with Gasteiger partial charge in [-0.05, 0) is 44.0 Å². The van der Waals surface area contributed by atoms with E-state index in [9.17, 15) is 4.79 Å². The Bertz CT molecular complexity index is 814. The summed E-state index contributed by atoms with van der Waals surface area (Å²) in [5.41, 5.74) is 1.33. The average Bonchev–Trinajstić information content (AvgIpc) is 3.22. The summed E-state index contributed by atoms with van der Waals surface area (Å²) in [6, 6.07) is 12.6. The van der Waals surface area contributed by atoms with Gasteiger partial charge < -0.3 is 15.1 Å². The molecule has 2 saturated heterocycles. The summed E-state index contributed by atoms with van der Waals surface area (Å²) in [6.45, 7) is 2.79. The average molecular weight is 323 g/mol. The Kier molecular flexibility index (Phi) is 2.86. The van der Waals surface area contributed by atoms with Crippen molar-refractivity contribution in [2.75, 3.05) is 5.32 Å². The lowest BCUT2D eigenvalue weighted by Crippen LogP contribution is -2.64. The zero-order valence-electron chi connectivity index (χ0n) is 13.7. The van der Waals surface area contributed by atoms with Crippen LogP contribution < -0.4 is 10.6 Å². The van der Waals surface area contributed by atoms with Crippen LogP contribution in [-0.4, -0.2) is 28.6 Å². The molecule has 3 aliphatic rings. The quantitative estimate of drug-likeness (QED) is 0.892. The van der Waals surface area contributed by atoms with Crippen molar-refractivity contribution in [1.29, 1.82) is 0 Å². The summed E-state index contributed by atoms with van der Waals surface area (Å²) in [4.78, 5) is 15.1. The minimum absolute atomic E-state index is 0.0330. The number of carbonyl (C=O) groups excluding carboxylic acids is 1. The van der Waals surface area contributed by atoms with E-state index < -0.39 is 0 Å². The summed E-state index contributed by atoms with van der Waals surface area (Å²) in [6.07, 6.45) is 3.22. The largest absolute Gasteiger partial charge is 0.465 e. The van der Waals surface area contributed by atoms with Gasteiger partial charge in [-0.2, -0.15) is 0 Å². The minimum Gasteiger partial charge on any atom is -0.465 e. The first-order chi connectivity index (χ1) is 11.6. The second-order valence-electron chi connectivity index (χ2n) is 7.23. The molecular formula is C19H21N3O2. The predicted octanol–water partition coefficient (Wildman–Crippen LogP) is 2.88. The Morgan fingerprint density at radius 1 is 1.21 bits per heavy atom. The van der Waals surface area contributed by atoms with E-state index in [0.717, 1.165) is 42.2 Å². The minimum atomic E-state index is -0.351. The number of furan rings is 1. The number of carbonyl (C=O) groups is 1. The first-order valence-corrected chi connectivity index (χ1v) is 8.65. The lowest BCUT2D eigenvalue weighted by Gasteiger charge is -2.43. The molecule has 124 valence electrons. The topological polar surface area (TPSA) is 57.5 Å². The van der Waals surface area contributed by atoms with Crippen molar-refractivity contribution < 1.29 is 9.21 Å². The van der Waals surface area contributed by atoms with Crippen molar-refractivity contribution in [2.45, 2.75) is 50.5 Å². The van der Waals surface area contributed by atoms with Gasteiger partial charge in [0.1, 0.15) is 17.2 Å². The highest BCUT2D eigenvalue weighted by molar-refractivity contribution is 6.02. The number of fused-ring (bicyclic) bond motifs is 4. The first-order valence-electron chi connectivity index (χ1n) is 8.65. The highest BCUT2D eigenvalue weighted by Crippen LogP contribution is 2.47. The predicted molar refractivity (Wildman–Crippen MR) is 90.7 cm³/mol. The maximum Gasteiger partial charge on any atom is 0.255 e. The molecule has 0 saturated carbocycles. The number of aryl methyl sites for hydroxylation is 1. The van der Waals surface area contributed by atoms with E-state index in [1.807, 2.05) is 37.3 Å². The van der Waals surface area contributed by atoms with E-state index in [4.69, 9.17) is 4.42 Å². The second kappa shape index (κ2) is 4.86. The molecule has 0 aliphatic carbocycles. The third kappa shape index (κ3) is 1.94. The highest BCUT2D eigenvalue weighted by atomic mass is 16.3. The normalized spacial score (nSPS) is 31.1. The van der Waals surface area contributed by atoms with E-state index in [1.54, 1.807) is 0 Å². The van der Waals surface area contributed by atoms with E-state index in [-0.39, 0.29) is 11.6 Å². The molecule has 4 heterocycles. The molecule has 2 bridgehead atoms. The standard InChI is InChI=1S/C19H21N3O2/c1-12-6-8-14(24-12)11-22-13-7-9-17(22)19(10-13)20-16-5-3-2-4-15(16)18(23)21-19/h2-6,8,13,17,20H,7,9-11H2,1H3,(H,21,23)/t13-,17+,19-/m0/s1. The van der Waals surface area contributed by atoms with Crippen molar-refractivity contribution in [1.82, 2.24) is 10.2 Å². The molecule has 1 spiro atoms. The van der Waals surface area contributed by atoms with Gasteiger partial charge in [-0.15, -0.1) is 0 Å². The van der Waals surface area contributed by atoms with Crippen molar-refractivity contribution in [2.24, 2.45) is 0 Å². The number of rotatable bonds is 2. The number of nitrogens with zero attached hydrogens (tertiary/aromatic N) is 1. The lowest BCUT2D eigenvalue weighted by molar-refractivity contribution is 0.0868. The molecular weight excluding hydrogens is 302 g/mol. The van der Waals surface area contributed by atoms with Crippen LogP contribution in [0.4, 0.5) is 5.69 Å². The van der Waals surface area contributed by atoms with Gasteiger partial charge >= 0.3 is 0 Å². The monoisotopic (exact) mass is 323 g/mol. The zero-order chi connectivity index (χ0) is 16.3. The first kappa shape index (κ1) is 14.1. The van der Waals surface area contributed by atoms with Crippen LogP contribution in [0.1, 0.15) is 41.1 Å². The molecule has 0 unspecified atom stereocenters. The maximum absolute atomic E-state index is 12.6. The van der Waals surface area contributed by atoms with Crippen LogP contribution in [0.25, 0.3) is 0 Å². The van der Waals surface area contributed by atoms with Gasteiger partial charge in [-0.1, -0.05) is 12.1 Å². The van der Waals surface area contributed by atoms with Gasteiger partial charge in [-0.3, -0.25) is 9.69 Å². The molecule has 2 aromatic rings. The van der Waals surface area contributed by atoms with Gasteiger partial charge in [0.05, 0.1) is 18.2 Å². The Balaban J connectivity index is 1.46. The van der Waals surface area contributed by atoms with Crippen LogP contribution in [0.5, 0.6) is 0 Å². The summed E-state index contributed by atoms with van der Waals surface area (Å²) >= 11 is 0. The zero-order valence-corrected chi connectivity index (χ0v) is 13.7. The summed E-state index contributed by atoms with van der Waals surface area (Å²) in [7, 11) is 0. The van der Waals surface area contributed by atoms with Crippen LogP contribution in [0.2, 0.25) is 0 Å². The maximum atomic E-state index is 12.6. The van der Waals surface area contributed by atoms with Crippen LogP contribution in [-0.2, 0) is 6.54 Å². The van der Waals surface area contributed by atoms with Gasteiger partial charge in [0, 0.05) is 18.2 Å². The van der Waals surface area contributed by atoms with Crippen LogP contribution in [0, 0.1) is 6.92 Å². The van der Waals surface area contributed by atoms with Crippen molar-refractivity contribution >= 4 is 11.6 Å². The van der Waals surface area contributed by atoms with Crippen molar-refractivity contribution in [3.8, 4) is 0 Å². The van der Waals surface area contributed by atoms with Crippen LogP contribution >= 0.6 is 0 Å². The summed E-state index contributed by atoms with van der Waals surface area (Å²) in [5, 5.41) is 6.93. The fourth-order valence-corrected chi connectivity index (χ4v) is 4.78. The fourth-order valence-electron chi connectivity index (χ4n) is 4.78. The number of benzene rings is 1. The number of hydrogen-bond acceptors (Lipinski definition) is 4. The molecule has 0 radical (unpaired) electrons. The van der Waals surface area contributed by atoms with E-state index in [0.29, 0.717) is 12.1 Å². The highest BCUT2D eigenvalue weighted by Gasteiger charge is 2.58.